The number of carboxylic acid groups (broad SMARTS) is 1. The van der Waals surface area contributed by atoms with E-state index in [-0.39, 0.29) is 6.61 Å². The minimum Gasteiger partial charge on any atom is -0.497 e. The topological polar surface area (TPSA) is 55.8 Å². The largest absolute Gasteiger partial charge is 0.505 e. The van der Waals surface area contributed by atoms with Crippen LogP contribution in [0.25, 0.3) is 6.08 Å². The molecule has 0 radical (unpaired) electrons. The Hall–Kier alpha value is -1.97. The Morgan fingerprint density at radius 1 is 1.38 bits per heavy atom. The van der Waals surface area contributed by atoms with Crippen LogP contribution in [0.15, 0.2) is 30.3 Å². The van der Waals surface area contributed by atoms with E-state index in [9.17, 15) is 4.79 Å². The number of carbonyl (C=O) groups is 1. The Kier molecular flexibility index (Phi) is 4.92. The highest BCUT2D eigenvalue weighted by molar-refractivity contribution is 5.56. The Morgan fingerprint density at radius 2 is 2.06 bits per heavy atom. The summed E-state index contributed by atoms with van der Waals surface area (Å²) in [6.07, 6.45) is 3.10. The van der Waals surface area contributed by atoms with E-state index in [2.05, 4.69) is 4.74 Å². The molecule has 0 saturated carbocycles. The lowest BCUT2D eigenvalue weighted by molar-refractivity contribution is 0.0933. The molecule has 1 rings (SSSR count). The third-order valence-corrected chi connectivity index (χ3v) is 1.94. The molecule has 1 N–H and O–H groups in total. The van der Waals surface area contributed by atoms with Gasteiger partial charge in [0.15, 0.2) is 0 Å². The Balaban J connectivity index is 2.35. The molecule has 0 heterocycles. The molecule has 1 aromatic rings. The standard InChI is InChI=1S/C12H14O4/c1-15-11-7-5-10(6-8-11)4-2-3-9-16-12(13)14/h2,4-8H,3,9H2,1H3,(H,13,14). The second-order valence-electron chi connectivity index (χ2n) is 3.08. The molecule has 1 aromatic carbocycles. The molecular weight excluding hydrogens is 208 g/mol. The fraction of sp³-hybridized carbons (Fsp3) is 0.250. The highest BCUT2D eigenvalue weighted by Crippen LogP contribution is 2.12. The fourth-order valence-corrected chi connectivity index (χ4v) is 1.15. The third kappa shape index (κ3) is 4.50. The van der Waals surface area contributed by atoms with Crippen LogP contribution in [0.2, 0.25) is 0 Å². The molecule has 4 heteroatoms. The van der Waals surface area contributed by atoms with Gasteiger partial charge in [-0.05, 0) is 24.1 Å². The smallest absolute Gasteiger partial charge is 0.497 e. The molecule has 86 valence electrons. The fourth-order valence-electron chi connectivity index (χ4n) is 1.15. The van der Waals surface area contributed by atoms with E-state index in [1.807, 2.05) is 36.4 Å². The van der Waals surface area contributed by atoms with Crippen molar-refractivity contribution in [1.29, 1.82) is 0 Å². The second-order valence-corrected chi connectivity index (χ2v) is 3.08. The van der Waals surface area contributed by atoms with E-state index in [0.717, 1.165) is 11.3 Å². The normalized spacial score (nSPS) is 10.3. The molecule has 0 aliphatic heterocycles. The van der Waals surface area contributed by atoms with Gasteiger partial charge in [-0.1, -0.05) is 24.3 Å². The van der Waals surface area contributed by atoms with Crippen molar-refractivity contribution in [2.24, 2.45) is 0 Å². The lowest BCUT2D eigenvalue weighted by atomic mass is 10.2. The van der Waals surface area contributed by atoms with E-state index >= 15 is 0 Å². The van der Waals surface area contributed by atoms with E-state index in [4.69, 9.17) is 9.84 Å². The summed E-state index contributed by atoms with van der Waals surface area (Å²) >= 11 is 0. The second kappa shape index (κ2) is 6.50. The zero-order chi connectivity index (χ0) is 11.8. The zero-order valence-corrected chi connectivity index (χ0v) is 9.05. The van der Waals surface area contributed by atoms with Gasteiger partial charge >= 0.3 is 6.16 Å². The minimum atomic E-state index is -1.24. The number of ether oxygens (including phenoxy) is 2. The molecule has 0 aliphatic carbocycles. The van der Waals surface area contributed by atoms with Crippen LogP contribution in [0.3, 0.4) is 0 Å². The number of hydrogen-bond acceptors (Lipinski definition) is 3. The molecule has 4 nitrogen and oxygen atoms in total. The summed E-state index contributed by atoms with van der Waals surface area (Å²) in [5.41, 5.74) is 1.04. The van der Waals surface area contributed by atoms with Crippen molar-refractivity contribution in [3.63, 3.8) is 0 Å². The van der Waals surface area contributed by atoms with Gasteiger partial charge in [-0.3, -0.25) is 0 Å². The first-order valence-corrected chi connectivity index (χ1v) is 4.88. The average Bonchev–Trinajstić information content (AvgIpc) is 2.29. The minimum absolute atomic E-state index is 0.183. The van der Waals surface area contributed by atoms with Crippen LogP contribution in [0.1, 0.15) is 12.0 Å². The van der Waals surface area contributed by atoms with Crippen molar-refractivity contribution < 1.29 is 19.4 Å². The molecule has 0 saturated heterocycles. The van der Waals surface area contributed by atoms with Crippen molar-refractivity contribution in [2.45, 2.75) is 6.42 Å². The van der Waals surface area contributed by atoms with Gasteiger partial charge in [0.25, 0.3) is 0 Å². The molecular formula is C12H14O4. The van der Waals surface area contributed by atoms with Crippen LogP contribution < -0.4 is 4.74 Å². The summed E-state index contributed by atoms with van der Waals surface area (Å²) in [6, 6.07) is 7.58. The molecule has 0 spiro atoms. The first-order chi connectivity index (χ1) is 7.72. The van der Waals surface area contributed by atoms with Gasteiger partial charge < -0.3 is 14.6 Å². The molecule has 0 fully saturated rings. The van der Waals surface area contributed by atoms with Gasteiger partial charge in [0, 0.05) is 0 Å². The van der Waals surface area contributed by atoms with Crippen LogP contribution in [-0.2, 0) is 4.74 Å². The lowest BCUT2D eigenvalue weighted by Gasteiger charge is -1.99. The maximum Gasteiger partial charge on any atom is 0.505 e. The predicted octanol–water partition coefficient (Wildman–Crippen LogP) is 2.79. The van der Waals surface area contributed by atoms with Gasteiger partial charge in [0.1, 0.15) is 5.75 Å². The molecule has 0 aromatic heterocycles. The number of benzene rings is 1. The summed E-state index contributed by atoms with van der Waals surface area (Å²) in [4.78, 5) is 10.0. The molecule has 0 amide bonds. The summed E-state index contributed by atoms with van der Waals surface area (Å²) in [5, 5.41) is 8.23. The van der Waals surface area contributed by atoms with Crippen molar-refractivity contribution in [2.75, 3.05) is 13.7 Å². The number of rotatable bonds is 5. The molecule has 0 unspecified atom stereocenters. The van der Waals surface area contributed by atoms with Crippen LogP contribution >= 0.6 is 0 Å². The van der Waals surface area contributed by atoms with E-state index in [0.29, 0.717) is 6.42 Å². The highest BCUT2D eigenvalue weighted by atomic mass is 16.7. The van der Waals surface area contributed by atoms with E-state index < -0.39 is 6.16 Å². The van der Waals surface area contributed by atoms with E-state index in [1.54, 1.807) is 7.11 Å². The summed E-state index contributed by atoms with van der Waals surface area (Å²) in [7, 11) is 1.62. The summed E-state index contributed by atoms with van der Waals surface area (Å²) in [6.45, 7) is 0.183. The molecule has 0 aliphatic rings. The number of methoxy groups -OCH3 is 1. The molecule has 0 bridgehead atoms. The van der Waals surface area contributed by atoms with Crippen LogP contribution in [0.4, 0.5) is 4.79 Å². The van der Waals surface area contributed by atoms with Gasteiger partial charge in [-0.25, -0.2) is 4.79 Å². The van der Waals surface area contributed by atoms with Crippen molar-refractivity contribution >= 4 is 12.2 Å². The summed E-state index contributed by atoms with van der Waals surface area (Å²) in [5.74, 6) is 0.811. The SMILES string of the molecule is COc1ccc(C=CCCOC(=O)O)cc1. The maximum absolute atomic E-state index is 10.0. The average molecular weight is 222 g/mol. The first-order valence-electron chi connectivity index (χ1n) is 4.88. The third-order valence-electron chi connectivity index (χ3n) is 1.94. The van der Waals surface area contributed by atoms with Crippen LogP contribution in [0, 0.1) is 0 Å². The predicted molar refractivity (Wildman–Crippen MR) is 60.6 cm³/mol. The summed E-state index contributed by atoms with van der Waals surface area (Å²) < 4.78 is 9.39. The van der Waals surface area contributed by atoms with Crippen LogP contribution in [-0.4, -0.2) is 25.0 Å². The van der Waals surface area contributed by atoms with Gasteiger partial charge in [-0.2, -0.15) is 0 Å². The quantitative estimate of drug-likeness (QED) is 0.614. The van der Waals surface area contributed by atoms with Gasteiger partial charge in [0.05, 0.1) is 13.7 Å². The van der Waals surface area contributed by atoms with Gasteiger partial charge in [-0.15, -0.1) is 0 Å². The number of hydrogen-bond donors (Lipinski definition) is 1. The first kappa shape index (κ1) is 12.1. The Morgan fingerprint density at radius 3 is 2.62 bits per heavy atom. The van der Waals surface area contributed by atoms with E-state index in [1.165, 1.54) is 0 Å². The Bertz CT molecular complexity index is 354. The van der Waals surface area contributed by atoms with Crippen molar-refractivity contribution in [1.82, 2.24) is 0 Å². The Labute approximate surface area is 94.1 Å². The zero-order valence-electron chi connectivity index (χ0n) is 9.05. The van der Waals surface area contributed by atoms with Crippen LogP contribution in [0.5, 0.6) is 5.75 Å². The molecule has 16 heavy (non-hydrogen) atoms. The van der Waals surface area contributed by atoms with Gasteiger partial charge in [0.2, 0.25) is 0 Å². The highest BCUT2D eigenvalue weighted by Gasteiger charge is 1.93. The van der Waals surface area contributed by atoms with Crippen molar-refractivity contribution in [3.05, 3.63) is 35.9 Å². The molecule has 0 atom stereocenters. The van der Waals surface area contributed by atoms with Crippen molar-refractivity contribution in [3.8, 4) is 5.75 Å². The monoisotopic (exact) mass is 222 g/mol. The lowest BCUT2D eigenvalue weighted by Crippen LogP contribution is -2.00. The maximum atomic E-state index is 10.0.